The zero-order valence-electron chi connectivity index (χ0n) is 18.6. The summed E-state index contributed by atoms with van der Waals surface area (Å²) in [6.45, 7) is 6.80. The lowest BCUT2D eigenvalue weighted by molar-refractivity contribution is 0.0526. The minimum absolute atomic E-state index is 0.0854. The van der Waals surface area contributed by atoms with Gasteiger partial charge in [0.2, 0.25) is 0 Å². The Labute approximate surface area is 184 Å². The molecular weight excluding hydrogens is 384 g/mol. The van der Waals surface area contributed by atoms with Crippen LogP contribution in [0.2, 0.25) is 0 Å². The van der Waals surface area contributed by atoms with E-state index < -0.39 is 0 Å². The average molecular weight is 413 g/mol. The molecule has 4 rings (SSSR count). The summed E-state index contributed by atoms with van der Waals surface area (Å²) in [5.41, 5.74) is 8.07. The largest absolute Gasteiger partial charge is 0.497 e. The van der Waals surface area contributed by atoms with E-state index in [0.717, 1.165) is 23.3 Å². The second kappa shape index (κ2) is 8.43. The first kappa shape index (κ1) is 20.9. The Hall–Kier alpha value is -3.33. The van der Waals surface area contributed by atoms with E-state index in [-0.39, 0.29) is 11.4 Å². The van der Waals surface area contributed by atoms with Gasteiger partial charge in [-0.2, -0.15) is 0 Å². The summed E-state index contributed by atoms with van der Waals surface area (Å²) in [6, 6.07) is 20.5. The third kappa shape index (κ3) is 4.27. The van der Waals surface area contributed by atoms with E-state index in [2.05, 4.69) is 56.3 Å². The molecule has 0 saturated heterocycles. The normalized spacial score (nSPS) is 14.1. The molecule has 0 radical (unpaired) electrons. The molecule has 0 fully saturated rings. The molecule has 0 heterocycles. The summed E-state index contributed by atoms with van der Waals surface area (Å²) in [6.07, 6.45) is 5.19. The fraction of sp³-hybridized carbons (Fsp3) is 0.250. The maximum absolute atomic E-state index is 11.8. The van der Waals surface area contributed by atoms with Crippen LogP contribution in [0.15, 0.2) is 60.7 Å². The number of carbonyl (C=O) groups excluding carboxylic acids is 1. The number of rotatable bonds is 5. The molecule has 0 spiro atoms. The van der Waals surface area contributed by atoms with Gasteiger partial charge in [-0.25, -0.2) is 4.79 Å². The fourth-order valence-corrected chi connectivity index (χ4v) is 4.27. The van der Waals surface area contributed by atoms with Crippen LogP contribution in [-0.2, 0) is 16.6 Å². The first-order valence-electron chi connectivity index (χ1n) is 10.7. The van der Waals surface area contributed by atoms with Crippen molar-refractivity contribution >= 4 is 18.1 Å². The van der Waals surface area contributed by atoms with Crippen molar-refractivity contribution < 1.29 is 14.3 Å². The van der Waals surface area contributed by atoms with Crippen LogP contribution >= 0.6 is 0 Å². The van der Waals surface area contributed by atoms with Crippen LogP contribution in [0.5, 0.6) is 5.75 Å². The minimum atomic E-state index is -0.288. The molecule has 0 aliphatic heterocycles. The van der Waals surface area contributed by atoms with Crippen molar-refractivity contribution in [3.05, 3.63) is 88.5 Å². The second-order valence-corrected chi connectivity index (χ2v) is 8.56. The molecule has 0 amide bonds. The van der Waals surface area contributed by atoms with Crippen molar-refractivity contribution in [3.8, 4) is 16.9 Å². The number of fused-ring (bicyclic) bond motifs is 3. The zero-order valence-corrected chi connectivity index (χ0v) is 18.6. The molecule has 0 N–H and O–H groups in total. The van der Waals surface area contributed by atoms with Gasteiger partial charge in [0.25, 0.3) is 0 Å². The van der Waals surface area contributed by atoms with Crippen LogP contribution in [-0.4, -0.2) is 19.7 Å². The van der Waals surface area contributed by atoms with Crippen LogP contribution in [0.25, 0.3) is 23.3 Å². The highest BCUT2D eigenvalue weighted by molar-refractivity contribution is 5.89. The summed E-state index contributed by atoms with van der Waals surface area (Å²) < 4.78 is 10.5. The maximum Gasteiger partial charge on any atom is 0.338 e. The van der Waals surface area contributed by atoms with Crippen LogP contribution in [0, 0.1) is 0 Å². The summed E-state index contributed by atoms with van der Waals surface area (Å²) in [4.78, 5) is 11.8. The molecule has 1 aliphatic carbocycles. The Morgan fingerprint density at radius 1 is 0.935 bits per heavy atom. The van der Waals surface area contributed by atoms with Gasteiger partial charge in [-0.15, -0.1) is 0 Å². The Morgan fingerprint density at radius 2 is 1.65 bits per heavy atom. The standard InChI is InChI=1S/C28H28O3/c1-5-31-27(29)21-11-8-19(9-12-21)6-7-20-10-15-26-25(16-20)24-17-23(30-4)14-13-22(24)18-28(26,2)3/h6-17H,5,18H2,1-4H3. The second-order valence-electron chi connectivity index (χ2n) is 8.56. The molecule has 0 saturated carbocycles. The lowest BCUT2D eigenvalue weighted by Gasteiger charge is -2.34. The number of ether oxygens (including phenoxy) is 2. The van der Waals surface area contributed by atoms with Crippen molar-refractivity contribution in [1.29, 1.82) is 0 Å². The smallest absolute Gasteiger partial charge is 0.338 e. The molecule has 0 unspecified atom stereocenters. The monoisotopic (exact) mass is 412 g/mol. The molecule has 1 aliphatic rings. The molecule has 3 aromatic carbocycles. The van der Waals surface area contributed by atoms with Crippen LogP contribution < -0.4 is 4.74 Å². The van der Waals surface area contributed by atoms with E-state index in [1.54, 1.807) is 19.2 Å². The molecule has 31 heavy (non-hydrogen) atoms. The molecule has 158 valence electrons. The number of hydrogen-bond donors (Lipinski definition) is 0. The SMILES string of the molecule is CCOC(=O)c1ccc(C=Cc2ccc3c(c2)-c2cc(OC)ccc2CC3(C)C)cc1. The number of methoxy groups -OCH3 is 1. The molecular formula is C28H28O3. The third-order valence-electron chi connectivity index (χ3n) is 5.90. The van der Waals surface area contributed by atoms with E-state index >= 15 is 0 Å². The number of carbonyl (C=O) groups is 1. The van der Waals surface area contributed by atoms with Gasteiger partial charge in [-0.05, 0) is 82.5 Å². The van der Waals surface area contributed by atoms with Crippen molar-refractivity contribution in [2.75, 3.05) is 13.7 Å². The Bertz CT molecular complexity index is 1140. The van der Waals surface area contributed by atoms with Crippen molar-refractivity contribution in [2.24, 2.45) is 0 Å². The van der Waals surface area contributed by atoms with Gasteiger partial charge < -0.3 is 9.47 Å². The number of esters is 1. The highest BCUT2D eigenvalue weighted by Crippen LogP contribution is 2.44. The molecule has 0 atom stereocenters. The van der Waals surface area contributed by atoms with Gasteiger partial charge in [-0.3, -0.25) is 0 Å². The van der Waals surface area contributed by atoms with Gasteiger partial charge in [0.05, 0.1) is 19.3 Å². The van der Waals surface area contributed by atoms with Gasteiger partial charge in [0.1, 0.15) is 5.75 Å². The average Bonchev–Trinajstić information content (AvgIpc) is 2.77. The number of benzene rings is 3. The Balaban J connectivity index is 1.65. The predicted molar refractivity (Wildman–Crippen MR) is 126 cm³/mol. The van der Waals surface area contributed by atoms with Gasteiger partial charge >= 0.3 is 5.97 Å². The highest BCUT2D eigenvalue weighted by Gasteiger charge is 2.31. The molecule has 3 aromatic rings. The Kier molecular flexibility index (Phi) is 5.69. The third-order valence-corrected chi connectivity index (χ3v) is 5.90. The predicted octanol–water partition coefficient (Wildman–Crippen LogP) is 6.54. The highest BCUT2D eigenvalue weighted by atomic mass is 16.5. The topological polar surface area (TPSA) is 35.5 Å². The summed E-state index contributed by atoms with van der Waals surface area (Å²) in [5.74, 6) is 0.594. The molecule has 0 bridgehead atoms. The van der Waals surface area contributed by atoms with Crippen molar-refractivity contribution in [2.45, 2.75) is 32.6 Å². The van der Waals surface area contributed by atoms with Gasteiger partial charge in [0.15, 0.2) is 0 Å². The van der Waals surface area contributed by atoms with Gasteiger partial charge in [-0.1, -0.05) is 56.3 Å². The maximum atomic E-state index is 11.8. The first-order valence-corrected chi connectivity index (χ1v) is 10.7. The van der Waals surface area contributed by atoms with Crippen LogP contribution in [0.3, 0.4) is 0 Å². The van der Waals surface area contributed by atoms with Crippen LogP contribution in [0.1, 0.15) is 53.4 Å². The lowest BCUT2D eigenvalue weighted by Crippen LogP contribution is -2.25. The Morgan fingerprint density at radius 3 is 2.35 bits per heavy atom. The lowest BCUT2D eigenvalue weighted by atomic mass is 9.70. The van der Waals surface area contributed by atoms with E-state index in [4.69, 9.17) is 9.47 Å². The number of hydrogen-bond acceptors (Lipinski definition) is 3. The summed E-state index contributed by atoms with van der Waals surface area (Å²) >= 11 is 0. The molecule has 0 aromatic heterocycles. The van der Waals surface area contributed by atoms with Crippen molar-refractivity contribution in [3.63, 3.8) is 0 Å². The molecule has 3 nitrogen and oxygen atoms in total. The van der Waals surface area contributed by atoms with E-state index in [1.165, 1.54) is 22.3 Å². The zero-order chi connectivity index (χ0) is 22.0. The first-order chi connectivity index (χ1) is 14.9. The van der Waals surface area contributed by atoms with E-state index in [1.807, 2.05) is 25.1 Å². The van der Waals surface area contributed by atoms with Gasteiger partial charge in [0, 0.05) is 0 Å². The van der Waals surface area contributed by atoms with E-state index in [0.29, 0.717) is 12.2 Å². The van der Waals surface area contributed by atoms with E-state index in [9.17, 15) is 4.79 Å². The van der Waals surface area contributed by atoms with Crippen LogP contribution in [0.4, 0.5) is 0 Å². The van der Waals surface area contributed by atoms with Crippen molar-refractivity contribution in [1.82, 2.24) is 0 Å². The summed E-state index contributed by atoms with van der Waals surface area (Å²) in [7, 11) is 1.71. The summed E-state index contributed by atoms with van der Waals surface area (Å²) in [5, 5.41) is 0. The fourth-order valence-electron chi connectivity index (χ4n) is 4.27. The quantitative estimate of drug-likeness (QED) is 0.352. The molecule has 3 heteroatoms. The minimum Gasteiger partial charge on any atom is -0.497 e.